The second kappa shape index (κ2) is 5.43. The van der Waals surface area contributed by atoms with Crippen LogP contribution in [0.25, 0.3) is 0 Å². The molecule has 1 N–H and O–H groups in total. The SMILES string of the molecule is CCN1CCCC(C2(C)NC(C)(C)CO2)C1.Cl. The van der Waals surface area contributed by atoms with Crippen molar-refractivity contribution in [2.75, 3.05) is 26.2 Å². The summed E-state index contributed by atoms with van der Waals surface area (Å²) in [4.78, 5) is 2.54. The summed E-state index contributed by atoms with van der Waals surface area (Å²) < 4.78 is 6.05. The number of nitrogens with one attached hydrogen (secondary N) is 1. The van der Waals surface area contributed by atoms with Crippen molar-refractivity contribution < 1.29 is 4.74 Å². The van der Waals surface area contributed by atoms with Crippen LogP contribution in [0.4, 0.5) is 0 Å². The highest BCUT2D eigenvalue weighted by Gasteiger charge is 2.46. The minimum Gasteiger partial charge on any atom is -0.359 e. The van der Waals surface area contributed by atoms with Gasteiger partial charge in [-0.15, -0.1) is 12.4 Å². The van der Waals surface area contributed by atoms with Gasteiger partial charge in [0, 0.05) is 18.0 Å². The van der Waals surface area contributed by atoms with Crippen molar-refractivity contribution in [3.8, 4) is 0 Å². The van der Waals surface area contributed by atoms with Crippen LogP contribution in [0.1, 0.15) is 40.5 Å². The highest BCUT2D eigenvalue weighted by atomic mass is 35.5. The van der Waals surface area contributed by atoms with Crippen molar-refractivity contribution >= 4 is 12.4 Å². The Hall–Kier alpha value is 0.170. The minimum atomic E-state index is -0.114. The normalized spacial score (nSPS) is 37.8. The zero-order valence-electron chi connectivity index (χ0n) is 11.6. The summed E-state index contributed by atoms with van der Waals surface area (Å²) in [5, 5.41) is 3.67. The van der Waals surface area contributed by atoms with E-state index in [1.54, 1.807) is 0 Å². The van der Waals surface area contributed by atoms with Crippen LogP contribution < -0.4 is 5.32 Å². The summed E-state index contributed by atoms with van der Waals surface area (Å²) in [6.07, 6.45) is 2.59. The van der Waals surface area contributed by atoms with Crippen LogP contribution >= 0.6 is 12.4 Å². The minimum absolute atomic E-state index is 0. The lowest BCUT2D eigenvalue weighted by molar-refractivity contribution is -0.0653. The van der Waals surface area contributed by atoms with Gasteiger partial charge in [0.2, 0.25) is 0 Å². The maximum Gasteiger partial charge on any atom is 0.121 e. The first-order valence-corrected chi connectivity index (χ1v) is 6.61. The summed E-state index contributed by atoms with van der Waals surface area (Å²) in [6, 6.07) is 0. The molecule has 0 radical (unpaired) electrons. The Morgan fingerprint density at radius 1 is 1.35 bits per heavy atom. The summed E-state index contributed by atoms with van der Waals surface area (Å²) in [6.45, 7) is 13.3. The number of hydrogen-bond acceptors (Lipinski definition) is 3. The molecule has 4 heteroatoms. The molecule has 3 nitrogen and oxygen atoms in total. The van der Waals surface area contributed by atoms with E-state index in [0.717, 1.165) is 13.2 Å². The third kappa shape index (κ3) is 3.34. The Balaban J connectivity index is 0.00000144. The van der Waals surface area contributed by atoms with E-state index in [0.29, 0.717) is 5.92 Å². The third-order valence-electron chi connectivity index (χ3n) is 4.05. The molecule has 2 saturated heterocycles. The van der Waals surface area contributed by atoms with Gasteiger partial charge in [0.05, 0.1) is 6.61 Å². The molecule has 0 amide bonds. The molecule has 2 heterocycles. The molecule has 2 aliphatic heterocycles. The van der Waals surface area contributed by atoms with Crippen molar-refractivity contribution in [1.29, 1.82) is 0 Å². The molecule has 102 valence electrons. The highest BCUT2D eigenvalue weighted by Crippen LogP contribution is 2.34. The third-order valence-corrected chi connectivity index (χ3v) is 4.05. The van der Waals surface area contributed by atoms with Crippen molar-refractivity contribution in [3.63, 3.8) is 0 Å². The molecule has 2 rings (SSSR count). The lowest BCUT2D eigenvalue weighted by atomic mass is 9.88. The van der Waals surface area contributed by atoms with Gasteiger partial charge in [0.25, 0.3) is 0 Å². The second-order valence-corrected chi connectivity index (χ2v) is 6.14. The summed E-state index contributed by atoms with van der Waals surface area (Å²) in [5.74, 6) is 0.628. The van der Waals surface area contributed by atoms with Crippen molar-refractivity contribution in [1.82, 2.24) is 10.2 Å². The predicted octanol–water partition coefficient (Wildman–Crippen LogP) is 2.25. The number of piperidine rings is 1. The second-order valence-electron chi connectivity index (χ2n) is 6.14. The van der Waals surface area contributed by atoms with Gasteiger partial charge in [-0.2, -0.15) is 0 Å². The number of halogens is 1. The van der Waals surface area contributed by atoms with Crippen LogP contribution in [-0.4, -0.2) is 42.4 Å². The Morgan fingerprint density at radius 2 is 2.06 bits per heavy atom. The fourth-order valence-electron chi connectivity index (χ4n) is 3.09. The van der Waals surface area contributed by atoms with Crippen molar-refractivity contribution in [3.05, 3.63) is 0 Å². The Labute approximate surface area is 112 Å². The number of rotatable bonds is 2. The average molecular weight is 263 g/mol. The molecule has 0 aliphatic carbocycles. The summed E-state index contributed by atoms with van der Waals surface area (Å²) in [5.41, 5.74) is 0.0145. The summed E-state index contributed by atoms with van der Waals surface area (Å²) >= 11 is 0. The molecule has 2 atom stereocenters. The van der Waals surface area contributed by atoms with Crippen LogP contribution in [-0.2, 0) is 4.74 Å². The Kier molecular flexibility index (Phi) is 4.87. The molecule has 0 aromatic carbocycles. The van der Waals surface area contributed by atoms with Gasteiger partial charge < -0.3 is 9.64 Å². The van der Waals surface area contributed by atoms with Crippen molar-refractivity contribution in [2.45, 2.75) is 51.8 Å². The Morgan fingerprint density at radius 3 is 2.59 bits per heavy atom. The quantitative estimate of drug-likeness (QED) is 0.826. The molecule has 0 spiro atoms. The van der Waals surface area contributed by atoms with Gasteiger partial charge in [0.1, 0.15) is 5.72 Å². The molecule has 2 aliphatic rings. The monoisotopic (exact) mass is 262 g/mol. The largest absolute Gasteiger partial charge is 0.359 e. The number of likely N-dealkylation sites (tertiary alicyclic amines) is 1. The fourth-order valence-corrected chi connectivity index (χ4v) is 3.09. The highest BCUT2D eigenvalue weighted by molar-refractivity contribution is 5.85. The van der Waals surface area contributed by atoms with Gasteiger partial charge in [-0.05, 0) is 46.7 Å². The van der Waals surface area contributed by atoms with Gasteiger partial charge in [-0.3, -0.25) is 5.32 Å². The fraction of sp³-hybridized carbons (Fsp3) is 1.00. The first kappa shape index (κ1) is 15.2. The van der Waals surface area contributed by atoms with Crippen molar-refractivity contribution in [2.24, 2.45) is 5.92 Å². The van der Waals surface area contributed by atoms with E-state index in [4.69, 9.17) is 4.74 Å². The number of nitrogens with zero attached hydrogens (tertiary/aromatic N) is 1. The average Bonchev–Trinajstić information content (AvgIpc) is 2.55. The maximum atomic E-state index is 6.05. The zero-order valence-corrected chi connectivity index (χ0v) is 12.4. The number of ether oxygens (including phenoxy) is 1. The molecule has 2 unspecified atom stereocenters. The standard InChI is InChI=1S/C13H26N2O.ClH/c1-5-15-8-6-7-11(9-15)13(4)14-12(2,3)10-16-13;/h11,14H,5-10H2,1-4H3;1H. The van der Waals surface area contributed by atoms with Gasteiger partial charge in [-0.1, -0.05) is 6.92 Å². The van der Waals surface area contributed by atoms with Gasteiger partial charge in [0.15, 0.2) is 0 Å². The molecule has 0 bridgehead atoms. The van der Waals surface area contributed by atoms with Gasteiger partial charge >= 0.3 is 0 Å². The van der Waals surface area contributed by atoms with Crippen LogP contribution in [0.2, 0.25) is 0 Å². The molecular weight excluding hydrogens is 236 g/mol. The predicted molar refractivity (Wildman–Crippen MR) is 73.7 cm³/mol. The smallest absolute Gasteiger partial charge is 0.121 e. The maximum absolute atomic E-state index is 6.05. The molecule has 0 saturated carbocycles. The molecule has 17 heavy (non-hydrogen) atoms. The summed E-state index contributed by atoms with van der Waals surface area (Å²) in [7, 11) is 0. The van der Waals surface area contributed by atoms with E-state index >= 15 is 0 Å². The van der Waals surface area contributed by atoms with Gasteiger partial charge in [-0.25, -0.2) is 0 Å². The Bertz CT molecular complexity index is 260. The number of hydrogen-bond donors (Lipinski definition) is 1. The topological polar surface area (TPSA) is 24.5 Å². The first-order valence-electron chi connectivity index (χ1n) is 6.61. The molecule has 2 fully saturated rings. The van der Waals surface area contributed by atoms with Crippen LogP contribution in [0.15, 0.2) is 0 Å². The van der Waals surface area contributed by atoms with E-state index in [2.05, 4.69) is 37.9 Å². The van der Waals surface area contributed by atoms with E-state index in [1.165, 1.54) is 25.9 Å². The van der Waals surface area contributed by atoms with Crippen LogP contribution in [0, 0.1) is 5.92 Å². The van der Waals surface area contributed by atoms with Crippen LogP contribution in [0.5, 0.6) is 0 Å². The van der Waals surface area contributed by atoms with E-state index in [9.17, 15) is 0 Å². The zero-order chi connectivity index (χ0) is 11.8. The van der Waals surface area contributed by atoms with E-state index in [-0.39, 0.29) is 23.7 Å². The van der Waals surface area contributed by atoms with E-state index < -0.39 is 0 Å². The lowest BCUT2D eigenvalue weighted by Crippen LogP contribution is -2.55. The van der Waals surface area contributed by atoms with E-state index in [1.807, 2.05) is 0 Å². The molecule has 0 aromatic heterocycles. The van der Waals surface area contributed by atoms with Crippen LogP contribution in [0.3, 0.4) is 0 Å². The first-order chi connectivity index (χ1) is 7.45. The molecule has 0 aromatic rings. The lowest BCUT2D eigenvalue weighted by Gasteiger charge is -2.41. The molecular formula is C13H27ClN2O.